The molecule has 2 aromatic rings. The standard InChI is InChI=1S/C19H21N3O/c1-2-3-4-5-6-7-12-23-18-14-21-19(22-15-18)17-10-8-16(13-20)9-11-17/h4-5,8-11,14-15H,2-3,6-7,12H2,1H3/b5-4+. The summed E-state index contributed by atoms with van der Waals surface area (Å²) < 4.78 is 5.64. The number of nitriles is 1. The summed E-state index contributed by atoms with van der Waals surface area (Å²) in [6, 6.07) is 9.30. The average Bonchev–Trinajstić information content (AvgIpc) is 2.61. The van der Waals surface area contributed by atoms with Crippen LogP contribution in [-0.2, 0) is 0 Å². The summed E-state index contributed by atoms with van der Waals surface area (Å²) in [5.74, 6) is 1.31. The van der Waals surface area contributed by atoms with E-state index in [1.54, 1.807) is 24.5 Å². The first-order chi connectivity index (χ1) is 11.3. The zero-order chi connectivity index (χ0) is 16.3. The number of nitrogens with zero attached hydrogens (tertiary/aromatic N) is 3. The number of hydrogen-bond acceptors (Lipinski definition) is 4. The Bertz CT molecular complexity index is 655. The molecule has 0 fully saturated rings. The van der Waals surface area contributed by atoms with Gasteiger partial charge < -0.3 is 4.74 Å². The molecule has 4 heteroatoms. The normalized spacial score (nSPS) is 10.6. The molecule has 23 heavy (non-hydrogen) atoms. The van der Waals surface area contributed by atoms with Crippen molar-refractivity contribution in [2.45, 2.75) is 32.6 Å². The van der Waals surface area contributed by atoms with E-state index < -0.39 is 0 Å². The van der Waals surface area contributed by atoms with E-state index in [0.29, 0.717) is 23.7 Å². The quantitative estimate of drug-likeness (QED) is 0.531. The molecule has 118 valence electrons. The van der Waals surface area contributed by atoms with E-state index in [1.165, 1.54) is 6.42 Å². The van der Waals surface area contributed by atoms with Crippen LogP contribution in [0.5, 0.6) is 5.75 Å². The lowest BCUT2D eigenvalue weighted by molar-refractivity contribution is 0.309. The van der Waals surface area contributed by atoms with Crippen molar-refractivity contribution in [3.05, 3.63) is 54.4 Å². The number of rotatable bonds is 8. The Morgan fingerprint density at radius 3 is 2.43 bits per heavy atom. The van der Waals surface area contributed by atoms with Crippen molar-refractivity contribution >= 4 is 0 Å². The fourth-order valence-electron chi connectivity index (χ4n) is 2.03. The molecule has 0 atom stereocenters. The zero-order valence-electron chi connectivity index (χ0n) is 13.4. The van der Waals surface area contributed by atoms with E-state index in [1.807, 2.05) is 12.1 Å². The Morgan fingerprint density at radius 2 is 1.78 bits per heavy atom. The van der Waals surface area contributed by atoms with Gasteiger partial charge in [0.05, 0.1) is 30.6 Å². The third-order valence-corrected chi connectivity index (χ3v) is 3.31. The molecule has 4 nitrogen and oxygen atoms in total. The second kappa shape index (κ2) is 9.37. The smallest absolute Gasteiger partial charge is 0.159 e. The molecule has 2 rings (SSSR count). The second-order valence-electron chi connectivity index (χ2n) is 5.18. The molecule has 1 aromatic carbocycles. The highest BCUT2D eigenvalue weighted by Gasteiger charge is 2.02. The third-order valence-electron chi connectivity index (χ3n) is 3.31. The highest BCUT2D eigenvalue weighted by molar-refractivity contribution is 5.56. The summed E-state index contributed by atoms with van der Waals surface area (Å²) in [5.41, 5.74) is 1.51. The van der Waals surface area contributed by atoms with Gasteiger partial charge in [0.25, 0.3) is 0 Å². The van der Waals surface area contributed by atoms with E-state index in [2.05, 4.69) is 35.1 Å². The highest BCUT2D eigenvalue weighted by atomic mass is 16.5. The summed E-state index contributed by atoms with van der Waals surface area (Å²) in [7, 11) is 0. The minimum atomic E-state index is 0.627. The van der Waals surface area contributed by atoms with Gasteiger partial charge in [-0.2, -0.15) is 5.26 Å². The van der Waals surface area contributed by atoms with Crippen LogP contribution in [0.2, 0.25) is 0 Å². The number of benzene rings is 1. The lowest BCUT2D eigenvalue weighted by Crippen LogP contribution is -1.98. The van der Waals surface area contributed by atoms with Crippen LogP contribution in [0.25, 0.3) is 11.4 Å². The van der Waals surface area contributed by atoms with Crippen molar-refractivity contribution in [2.24, 2.45) is 0 Å². The van der Waals surface area contributed by atoms with Crippen molar-refractivity contribution in [1.82, 2.24) is 9.97 Å². The van der Waals surface area contributed by atoms with Crippen LogP contribution in [0, 0.1) is 11.3 Å². The maximum absolute atomic E-state index is 8.80. The first-order valence-electron chi connectivity index (χ1n) is 7.94. The maximum Gasteiger partial charge on any atom is 0.159 e. The third kappa shape index (κ3) is 5.55. The van der Waals surface area contributed by atoms with Crippen molar-refractivity contribution < 1.29 is 4.74 Å². The topological polar surface area (TPSA) is 58.8 Å². The number of unbranched alkanes of at least 4 members (excludes halogenated alkanes) is 2. The molecule has 0 saturated heterocycles. The molecular weight excluding hydrogens is 286 g/mol. The lowest BCUT2D eigenvalue weighted by atomic mass is 10.1. The van der Waals surface area contributed by atoms with Crippen LogP contribution in [0.4, 0.5) is 0 Å². The summed E-state index contributed by atoms with van der Waals surface area (Å²) >= 11 is 0. The van der Waals surface area contributed by atoms with Gasteiger partial charge >= 0.3 is 0 Å². The second-order valence-corrected chi connectivity index (χ2v) is 5.18. The molecule has 1 heterocycles. The summed E-state index contributed by atoms with van der Waals surface area (Å²) in [6.45, 7) is 2.84. The minimum Gasteiger partial charge on any atom is -0.490 e. The van der Waals surface area contributed by atoms with Crippen molar-refractivity contribution in [3.63, 3.8) is 0 Å². The summed E-state index contributed by atoms with van der Waals surface area (Å²) in [4.78, 5) is 8.62. The Hall–Kier alpha value is -2.67. The minimum absolute atomic E-state index is 0.627. The van der Waals surface area contributed by atoms with E-state index in [4.69, 9.17) is 10.00 Å². The zero-order valence-corrected chi connectivity index (χ0v) is 13.4. The molecule has 0 saturated carbocycles. The van der Waals surface area contributed by atoms with E-state index >= 15 is 0 Å². The number of aromatic nitrogens is 2. The van der Waals surface area contributed by atoms with Crippen molar-refractivity contribution in [1.29, 1.82) is 5.26 Å². The first kappa shape index (κ1) is 16.7. The fraction of sp³-hybridized carbons (Fsp3) is 0.316. The Morgan fingerprint density at radius 1 is 1.09 bits per heavy atom. The van der Waals surface area contributed by atoms with Gasteiger partial charge in [0, 0.05) is 5.56 Å². The fourth-order valence-corrected chi connectivity index (χ4v) is 2.03. The monoisotopic (exact) mass is 307 g/mol. The van der Waals surface area contributed by atoms with Crippen LogP contribution in [0.1, 0.15) is 38.2 Å². The van der Waals surface area contributed by atoms with Crippen LogP contribution < -0.4 is 4.74 Å². The molecule has 0 aliphatic carbocycles. The molecule has 0 unspecified atom stereocenters. The molecule has 0 bridgehead atoms. The molecule has 0 amide bonds. The largest absolute Gasteiger partial charge is 0.490 e. The van der Waals surface area contributed by atoms with Crippen molar-refractivity contribution in [2.75, 3.05) is 6.61 Å². The molecule has 0 radical (unpaired) electrons. The Labute approximate surface area is 137 Å². The summed E-state index contributed by atoms with van der Waals surface area (Å²) in [5, 5.41) is 8.80. The summed E-state index contributed by atoms with van der Waals surface area (Å²) in [6.07, 6.45) is 12.1. The van der Waals surface area contributed by atoms with Crippen LogP contribution in [0.3, 0.4) is 0 Å². The van der Waals surface area contributed by atoms with Gasteiger partial charge in [0.2, 0.25) is 0 Å². The Balaban J connectivity index is 1.81. The van der Waals surface area contributed by atoms with Crippen LogP contribution in [0.15, 0.2) is 48.8 Å². The van der Waals surface area contributed by atoms with Crippen molar-refractivity contribution in [3.8, 4) is 23.2 Å². The number of allylic oxidation sites excluding steroid dienone is 2. The Kier molecular flexibility index (Phi) is 6.80. The van der Waals surface area contributed by atoms with Gasteiger partial charge in [-0.1, -0.05) is 25.5 Å². The molecule has 0 aliphatic rings. The van der Waals surface area contributed by atoms with Gasteiger partial charge in [-0.05, 0) is 43.5 Å². The molecule has 0 spiro atoms. The predicted molar refractivity (Wildman–Crippen MR) is 91.0 cm³/mol. The first-order valence-corrected chi connectivity index (χ1v) is 7.94. The van der Waals surface area contributed by atoms with E-state index in [9.17, 15) is 0 Å². The van der Waals surface area contributed by atoms with Gasteiger partial charge in [-0.15, -0.1) is 0 Å². The van der Waals surface area contributed by atoms with Gasteiger partial charge in [0.15, 0.2) is 11.6 Å². The molecule has 0 aliphatic heterocycles. The molecular formula is C19H21N3O. The maximum atomic E-state index is 8.80. The van der Waals surface area contributed by atoms with Gasteiger partial charge in [0.1, 0.15) is 0 Å². The molecule has 0 N–H and O–H groups in total. The van der Waals surface area contributed by atoms with Crippen LogP contribution in [-0.4, -0.2) is 16.6 Å². The van der Waals surface area contributed by atoms with Gasteiger partial charge in [-0.25, -0.2) is 9.97 Å². The van der Waals surface area contributed by atoms with Crippen LogP contribution >= 0.6 is 0 Å². The van der Waals surface area contributed by atoms with Gasteiger partial charge in [-0.3, -0.25) is 0 Å². The molecule has 1 aromatic heterocycles. The number of hydrogen-bond donors (Lipinski definition) is 0. The van der Waals surface area contributed by atoms with E-state index in [0.717, 1.165) is 24.8 Å². The van der Waals surface area contributed by atoms with E-state index in [-0.39, 0.29) is 0 Å². The SMILES string of the molecule is CCC/C=C/CCCOc1cnc(-c2ccc(C#N)cc2)nc1. The number of ether oxygens (including phenoxy) is 1. The average molecular weight is 307 g/mol. The lowest BCUT2D eigenvalue weighted by Gasteiger charge is -2.05. The predicted octanol–water partition coefficient (Wildman–Crippen LogP) is 4.53. The highest BCUT2D eigenvalue weighted by Crippen LogP contribution is 2.17.